The molecule has 1 aliphatic rings. The van der Waals surface area contributed by atoms with Gasteiger partial charge in [-0.1, -0.05) is 6.07 Å². The van der Waals surface area contributed by atoms with Crippen LogP contribution < -0.4 is 14.8 Å². The molecule has 184 valence electrons. The lowest BCUT2D eigenvalue weighted by atomic mass is 10.1. The molecule has 1 saturated heterocycles. The standard InChI is InChI=1S/C24H23BrN2O7S/c1-13-7-16(25)17(8-14(13)2)26-21(28)12-34-18-6-5-15(9-19(18)32-3)10-20-23(30)27(24(31)35-20)11-22(29)33-4/h5-10H,11-12H2,1-4H3,(H,26,28)/b20-10+. The highest BCUT2D eigenvalue weighted by Crippen LogP contribution is 2.34. The summed E-state index contributed by atoms with van der Waals surface area (Å²) >= 11 is 4.17. The molecular weight excluding hydrogens is 540 g/mol. The zero-order chi connectivity index (χ0) is 25.7. The van der Waals surface area contributed by atoms with E-state index in [0.717, 1.165) is 32.3 Å². The molecule has 3 rings (SSSR count). The van der Waals surface area contributed by atoms with Crippen molar-refractivity contribution < 1.29 is 33.4 Å². The van der Waals surface area contributed by atoms with Gasteiger partial charge in [-0.25, -0.2) is 0 Å². The first kappa shape index (κ1) is 26.3. The molecule has 11 heteroatoms. The number of esters is 1. The fraction of sp³-hybridized carbons (Fsp3) is 0.250. The number of ether oxygens (including phenoxy) is 3. The third-order valence-corrected chi connectivity index (χ3v) is 6.65. The lowest BCUT2D eigenvalue weighted by Crippen LogP contribution is -2.34. The van der Waals surface area contributed by atoms with Crippen molar-refractivity contribution in [3.63, 3.8) is 0 Å². The van der Waals surface area contributed by atoms with Crippen molar-refractivity contribution in [1.29, 1.82) is 0 Å². The second-order valence-corrected chi connectivity index (χ2v) is 9.35. The third-order valence-electron chi connectivity index (χ3n) is 5.09. The van der Waals surface area contributed by atoms with E-state index in [1.165, 1.54) is 20.3 Å². The zero-order valence-electron chi connectivity index (χ0n) is 19.5. The quantitative estimate of drug-likeness (QED) is 0.374. The van der Waals surface area contributed by atoms with E-state index in [4.69, 9.17) is 9.47 Å². The molecule has 1 aliphatic heterocycles. The van der Waals surface area contributed by atoms with E-state index in [1.54, 1.807) is 18.2 Å². The summed E-state index contributed by atoms with van der Waals surface area (Å²) in [6, 6.07) is 8.67. The number of carbonyl (C=O) groups excluding carboxylic acids is 4. The highest BCUT2D eigenvalue weighted by atomic mass is 79.9. The van der Waals surface area contributed by atoms with Crippen molar-refractivity contribution in [2.45, 2.75) is 13.8 Å². The highest BCUT2D eigenvalue weighted by molar-refractivity contribution is 9.10. The summed E-state index contributed by atoms with van der Waals surface area (Å²) < 4.78 is 16.3. The Morgan fingerprint density at radius 2 is 1.80 bits per heavy atom. The van der Waals surface area contributed by atoms with Gasteiger partial charge in [0.2, 0.25) is 0 Å². The van der Waals surface area contributed by atoms with Gasteiger partial charge in [0.1, 0.15) is 6.54 Å². The molecule has 2 aromatic carbocycles. The SMILES string of the molecule is COC(=O)CN1C(=O)S/C(=C/c2ccc(OCC(=O)Nc3cc(C)c(C)cc3Br)c(OC)c2)C1=O. The van der Waals surface area contributed by atoms with Crippen LogP contribution in [0.2, 0.25) is 0 Å². The van der Waals surface area contributed by atoms with Gasteiger partial charge < -0.3 is 19.5 Å². The van der Waals surface area contributed by atoms with Gasteiger partial charge in [0.25, 0.3) is 17.1 Å². The minimum atomic E-state index is -0.689. The van der Waals surface area contributed by atoms with E-state index < -0.39 is 23.7 Å². The molecule has 0 aromatic heterocycles. The van der Waals surface area contributed by atoms with Crippen molar-refractivity contribution >= 4 is 62.5 Å². The lowest BCUT2D eigenvalue weighted by molar-refractivity contribution is -0.143. The topological polar surface area (TPSA) is 111 Å². The van der Waals surface area contributed by atoms with E-state index in [9.17, 15) is 19.2 Å². The molecule has 2 aromatic rings. The second kappa shape index (κ2) is 11.4. The maximum absolute atomic E-state index is 12.5. The Hall–Kier alpha value is -3.31. The summed E-state index contributed by atoms with van der Waals surface area (Å²) in [5.74, 6) is -0.950. The molecule has 0 aliphatic carbocycles. The summed E-state index contributed by atoms with van der Waals surface area (Å²) in [5, 5.41) is 2.25. The van der Waals surface area contributed by atoms with Gasteiger partial charge in [-0.3, -0.25) is 24.1 Å². The molecule has 1 N–H and O–H groups in total. The van der Waals surface area contributed by atoms with Crippen molar-refractivity contribution in [1.82, 2.24) is 4.90 Å². The molecule has 3 amide bonds. The molecule has 0 bridgehead atoms. The molecule has 9 nitrogen and oxygen atoms in total. The molecular formula is C24H23BrN2O7S. The monoisotopic (exact) mass is 562 g/mol. The predicted octanol–water partition coefficient (Wildman–Crippen LogP) is 4.30. The summed E-state index contributed by atoms with van der Waals surface area (Å²) in [6.45, 7) is 3.25. The van der Waals surface area contributed by atoms with Crippen molar-refractivity contribution in [3.8, 4) is 11.5 Å². The van der Waals surface area contributed by atoms with Gasteiger partial charge >= 0.3 is 5.97 Å². The number of hydrogen-bond acceptors (Lipinski definition) is 8. The van der Waals surface area contributed by atoms with Crippen LogP contribution in [0, 0.1) is 13.8 Å². The Bertz CT molecular complexity index is 1230. The van der Waals surface area contributed by atoms with E-state index in [2.05, 4.69) is 26.0 Å². The summed E-state index contributed by atoms with van der Waals surface area (Å²) in [7, 11) is 2.63. The Balaban J connectivity index is 1.68. The van der Waals surface area contributed by atoms with Gasteiger partial charge in [0, 0.05) is 4.47 Å². The number of thioether (sulfide) groups is 1. The fourth-order valence-corrected chi connectivity index (χ4v) is 4.48. The summed E-state index contributed by atoms with van der Waals surface area (Å²) in [4.78, 5) is 49.4. The van der Waals surface area contributed by atoms with Crippen LogP contribution >= 0.6 is 27.7 Å². The number of halogens is 1. The first-order valence-electron chi connectivity index (χ1n) is 10.3. The van der Waals surface area contributed by atoms with Crippen LogP contribution in [-0.2, 0) is 19.1 Å². The van der Waals surface area contributed by atoms with Gasteiger partial charge in [-0.05, 0) is 88.6 Å². The summed E-state index contributed by atoms with van der Waals surface area (Å²) in [6.07, 6.45) is 1.51. The predicted molar refractivity (Wildman–Crippen MR) is 135 cm³/mol. The average Bonchev–Trinajstić information content (AvgIpc) is 3.08. The van der Waals surface area contributed by atoms with Gasteiger partial charge in [0.15, 0.2) is 18.1 Å². The van der Waals surface area contributed by atoms with Crippen LogP contribution in [0.3, 0.4) is 0 Å². The molecule has 0 unspecified atom stereocenters. The number of nitrogens with zero attached hydrogens (tertiary/aromatic N) is 1. The normalized spacial score (nSPS) is 14.3. The number of hydrogen-bond donors (Lipinski definition) is 1. The molecule has 0 spiro atoms. The largest absolute Gasteiger partial charge is 0.493 e. The Morgan fingerprint density at radius 1 is 1.09 bits per heavy atom. The van der Waals surface area contributed by atoms with Gasteiger partial charge in [0.05, 0.1) is 24.8 Å². The van der Waals surface area contributed by atoms with Crippen LogP contribution in [0.5, 0.6) is 11.5 Å². The average molecular weight is 563 g/mol. The van der Waals surface area contributed by atoms with Crippen LogP contribution in [0.1, 0.15) is 16.7 Å². The number of methoxy groups -OCH3 is 2. The highest BCUT2D eigenvalue weighted by Gasteiger charge is 2.36. The third kappa shape index (κ3) is 6.43. The first-order chi connectivity index (χ1) is 16.6. The maximum atomic E-state index is 12.5. The molecule has 0 saturated carbocycles. The number of imide groups is 1. The van der Waals surface area contributed by atoms with Crippen LogP contribution in [0.15, 0.2) is 39.7 Å². The number of nitrogens with one attached hydrogen (secondary N) is 1. The van der Waals surface area contributed by atoms with Crippen LogP contribution in [-0.4, -0.2) is 55.3 Å². The Labute approximate surface area is 214 Å². The van der Waals surface area contributed by atoms with Crippen LogP contribution in [0.4, 0.5) is 10.5 Å². The minimum absolute atomic E-state index is 0.160. The number of rotatable bonds is 8. The number of amides is 3. The van der Waals surface area contributed by atoms with E-state index in [1.807, 2.05) is 26.0 Å². The zero-order valence-corrected chi connectivity index (χ0v) is 21.9. The van der Waals surface area contributed by atoms with E-state index >= 15 is 0 Å². The number of carbonyl (C=O) groups is 4. The lowest BCUT2D eigenvalue weighted by Gasteiger charge is -2.13. The fourth-order valence-electron chi connectivity index (χ4n) is 3.08. The summed E-state index contributed by atoms with van der Waals surface area (Å²) in [5.41, 5.74) is 3.36. The van der Waals surface area contributed by atoms with Gasteiger partial charge in [-0.2, -0.15) is 0 Å². The number of aryl methyl sites for hydroxylation is 2. The van der Waals surface area contributed by atoms with E-state index in [-0.39, 0.29) is 17.4 Å². The van der Waals surface area contributed by atoms with Crippen molar-refractivity contribution in [2.75, 3.05) is 32.7 Å². The van der Waals surface area contributed by atoms with Crippen molar-refractivity contribution in [2.24, 2.45) is 0 Å². The Kier molecular flexibility index (Phi) is 8.57. The van der Waals surface area contributed by atoms with Gasteiger partial charge in [-0.15, -0.1) is 0 Å². The molecule has 1 fully saturated rings. The maximum Gasteiger partial charge on any atom is 0.325 e. The Morgan fingerprint density at radius 3 is 2.49 bits per heavy atom. The molecule has 35 heavy (non-hydrogen) atoms. The number of benzene rings is 2. The van der Waals surface area contributed by atoms with E-state index in [0.29, 0.717) is 22.7 Å². The molecule has 0 atom stereocenters. The first-order valence-corrected chi connectivity index (χ1v) is 11.9. The smallest absolute Gasteiger partial charge is 0.325 e. The molecule has 0 radical (unpaired) electrons. The second-order valence-electron chi connectivity index (χ2n) is 7.51. The minimum Gasteiger partial charge on any atom is -0.493 e. The number of anilines is 1. The molecule has 1 heterocycles. The van der Waals surface area contributed by atoms with Crippen LogP contribution in [0.25, 0.3) is 6.08 Å². The van der Waals surface area contributed by atoms with Crippen molar-refractivity contribution in [3.05, 3.63) is 56.4 Å².